The number of amides is 1. The maximum atomic E-state index is 12.3. The smallest absolute Gasteiger partial charge is 0.410 e. The van der Waals surface area contributed by atoms with E-state index in [0.29, 0.717) is 32.3 Å². The summed E-state index contributed by atoms with van der Waals surface area (Å²) < 4.78 is 14.9. The molecule has 0 aliphatic carbocycles. The van der Waals surface area contributed by atoms with Gasteiger partial charge < -0.3 is 14.4 Å². The van der Waals surface area contributed by atoms with Crippen molar-refractivity contribution in [3.8, 4) is 6.01 Å². The fraction of sp³-hybridized carbons (Fsp3) is 0.417. The van der Waals surface area contributed by atoms with Gasteiger partial charge in [-0.3, -0.25) is 4.57 Å². The predicted octanol–water partition coefficient (Wildman–Crippen LogP) is 5.48. The van der Waals surface area contributed by atoms with Gasteiger partial charge in [-0.05, 0) is 57.0 Å². The average Bonchev–Trinajstić information content (AvgIpc) is 3.32. The molecule has 0 N–H and O–H groups in total. The van der Waals surface area contributed by atoms with Crippen LogP contribution in [0.2, 0.25) is 0 Å². The first-order valence-electron chi connectivity index (χ1n) is 10.6. The summed E-state index contributed by atoms with van der Waals surface area (Å²) in [6.45, 7) is 8.19. The van der Waals surface area contributed by atoms with E-state index in [9.17, 15) is 4.79 Å². The molecule has 0 spiro atoms. The zero-order valence-corrected chi connectivity index (χ0v) is 19.8. The Morgan fingerprint density at radius 3 is 2.65 bits per heavy atom. The number of likely N-dealkylation sites (tertiary alicyclic amines) is 1. The highest BCUT2D eigenvalue weighted by atomic mass is 79.9. The second-order valence-corrected chi connectivity index (χ2v) is 9.90. The highest BCUT2D eigenvalue weighted by molar-refractivity contribution is 9.10. The Morgan fingerprint density at radius 2 is 1.90 bits per heavy atom. The molecule has 7 heteroatoms. The van der Waals surface area contributed by atoms with Gasteiger partial charge in [-0.25, -0.2) is 4.79 Å². The van der Waals surface area contributed by atoms with Crippen molar-refractivity contribution in [3.63, 3.8) is 0 Å². The SMILES string of the molecule is CC(C)(C)OC(=O)N1CC[C@H](COc2nc3ccccc3n2Cc2ccc(Br)cc2)C1. The Hall–Kier alpha value is -2.54. The van der Waals surface area contributed by atoms with Crippen LogP contribution in [0.1, 0.15) is 32.8 Å². The zero-order valence-electron chi connectivity index (χ0n) is 18.2. The zero-order chi connectivity index (χ0) is 22.0. The third-order valence-electron chi connectivity index (χ3n) is 5.26. The van der Waals surface area contributed by atoms with E-state index >= 15 is 0 Å². The lowest BCUT2D eigenvalue weighted by Crippen LogP contribution is -2.35. The van der Waals surface area contributed by atoms with Crippen LogP contribution >= 0.6 is 15.9 Å². The number of ether oxygens (including phenoxy) is 2. The molecule has 1 amide bonds. The number of hydrogen-bond acceptors (Lipinski definition) is 4. The Balaban J connectivity index is 1.45. The van der Waals surface area contributed by atoms with Gasteiger partial charge in [-0.2, -0.15) is 4.98 Å². The minimum Gasteiger partial charge on any atom is -0.464 e. The number of rotatable bonds is 5. The van der Waals surface area contributed by atoms with Gasteiger partial charge in [-0.1, -0.05) is 40.2 Å². The van der Waals surface area contributed by atoms with E-state index in [0.717, 1.165) is 21.9 Å². The van der Waals surface area contributed by atoms with Crippen molar-refractivity contribution in [3.05, 3.63) is 58.6 Å². The first-order chi connectivity index (χ1) is 14.8. The summed E-state index contributed by atoms with van der Waals surface area (Å²) >= 11 is 3.49. The van der Waals surface area contributed by atoms with E-state index in [1.165, 1.54) is 5.56 Å². The van der Waals surface area contributed by atoms with Gasteiger partial charge >= 0.3 is 6.09 Å². The van der Waals surface area contributed by atoms with Crippen molar-refractivity contribution in [1.82, 2.24) is 14.5 Å². The van der Waals surface area contributed by atoms with Crippen LogP contribution in [0.15, 0.2) is 53.0 Å². The van der Waals surface area contributed by atoms with Crippen molar-refractivity contribution in [2.24, 2.45) is 5.92 Å². The van der Waals surface area contributed by atoms with Crippen LogP contribution in [0.25, 0.3) is 11.0 Å². The second-order valence-electron chi connectivity index (χ2n) is 8.99. The molecule has 3 aromatic rings. The number of imidazole rings is 1. The van der Waals surface area contributed by atoms with Crippen molar-refractivity contribution < 1.29 is 14.3 Å². The number of halogens is 1. The predicted molar refractivity (Wildman–Crippen MR) is 124 cm³/mol. The molecule has 31 heavy (non-hydrogen) atoms. The molecule has 6 nitrogen and oxygen atoms in total. The molecule has 1 aromatic heterocycles. The van der Waals surface area contributed by atoms with Crippen molar-refractivity contribution in [2.75, 3.05) is 19.7 Å². The van der Waals surface area contributed by atoms with E-state index in [1.54, 1.807) is 4.90 Å². The highest BCUT2D eigenvalue weighted by Gasteiger charge is 2.30. The average molecular weight is 486 g/mol. The van der Waals surface area contributed by atoms with Crippen LogP contribution < -0.4 is 4.74 Å². The Labute approximate surface area is 191 Å². The van der Waals surface area contributed by atoms with E-state index in [4.69, 9.17) is 14.5 Å². The molecule has 2 aromatic carbocycles. The van der Waals surface area contributed by atoms with Gasteiger partial charge in [0.1, 0.15) is 5.60 Å². The molecule has 0 bridgehead atoms. The first-order valence-corrected chi connectivity index (χ1v) is 11.4. The summed E-state index contributed by atoms with van der Waals surface area (Å²) in [4.78, 5) is 18.8. The molecule has 0 unspecified atom stereocenters. The van der Waals surface area contributed by atoms with E-state index < -0.39 is 5.60 Å². The van der Waals surface area contributed by atoms with E-state index in [1.807, 2.05) is 51.1 Å². The summed E-state index contributed by atoms with van der Waals surface area (Å²) in [5.41, 5.74) is 2.65. The highest BCUT2D eigenvalue weighted by Crippen LogP contribution is 2.25. The van der Waals surface area contributed by atoms with Gasteiger partial charge in [-0.15, -0.1) is 0 Å². The molecule has 164 valence electrons. The maximum absolute atomic E-state index is 12.3. The minimum atomic E-state index is -0.483. The molecule has 1 fully saturated rings. The number of benzene rings is 2. The van der Waals surface area contributed by atoms with Crippen LogP contribution in [0.4, 0.5) is 4.79 Å². The third kappa shape index (κ3) is 5.39. The number of carbonyl (C=O) groups is 1. The van der Waals surface area contributed by atoms with Crippen molar-refractivity contribution >= 4 is 33.1 Å². The summed E-state index contributed by atoms with van der Waals surface area (Å²) in [5.74, 6) is 0.258. The van der Waals surface area contributed by atoms with Crippen LogP contribution in [-0.2, 0) is 11.3 Å². The Bertz CT molecular complexity index is 1060. The topological polar surface area (TPSA) is 56.6 Å². The van der Waals surface area contributed by atoms with Gasteiger partial charge in [0.25, 0.3) is 6.01 Å². The van der Waals surface area contributed by atoms with E-state index in [2.05, 4.69) is 38.7 Å². The minimum absolute atomic E-state index is 0.252. The lowest BCUT2D eigenvalue weighted by atomic mass is 10.1. The molecule has 1 atom stereocenters. The summed E-state index contributed by atoms with van der Waals surface area (Å²) in [7, 11) is 0. The van der Waals surface area contributed by atoms with Gasteiger partial charge in [0.2, 0.25) is 0 Å². The van der Waals surface area contributed by atoms with Crippen LogP contribution in [-0.4, -0.2) is 45.8 Å². The molecule has 4 rings (SSSR count). The van der Waals surface area contributed by atoms with Gasteiger partial charge in [0, 0.05) is 23.5 Å². The first kappa shape index (κ1) is 21.7. The number of nitrogens with zero attached hydrogens (tertiary/aromatic N) is 3. The molecule has 0 radical (unpaired) electrons. The Morgan fingerprint density at radius 1 is 1.16 bits per heavy atom. The fourth-order valence-electron chi connectivity index (χ4n) is 3.74. The van der Waals surface area contributed by atoms with Crippen LogP contribution in [0, 0.1) is 5.92 Å². The normalized spacial score (nSPS) is 16.6. The van der Waals surface area contributed by atoms with Crippen LogP contribution in [0.5, 0.6) is 6.01 Å². The molecule has 1 aliphatic rings. The lowest BCUT2D eigenvalue weighted by molar-refractivity contribution is 0.0284. The largest absolute Gasteiger partial charge is 0.464 e. The molecule has 2 heterocycles. The number of aromatic nitrogens is 2. The number of carbonyl (C=O) groups excluding carboxylic acids is 1. The number of hydrogen-bond donors (Lipinski definition) is 0. The molecular weight excluding hydrogens is 458 g/mol. The van der Waals surface area contributed by atoms with E-state index in [-0.39, 0.29) is 12.0 Å². The van der Waals surface area contributed by atoms with Crippen LogP contribution in [0.3, 0.4) is 0 Å². The maximum Gasteiger partial charge on any atom is 0.410 e. The van der Waals surface area contributed by atoms with Crippen molar-refractivity contribution in [1.29, 1.82) is 0 Å². The molecule has 1 saturated heterocycles. The second kappa shape index (κ2) is 8.91. The third-order valence-corrected chi connectivity index (χ3v) is 5.79. The monoisotopic (exact) mass is 485 g/mol. The molecule has 1 aliphatic heterocycles. The van der Waals surface area contributed by atoms with Gasteiger partial charge in [0.05, 0.1) is 24.2 Å². The Kier molecular flexibility index (Phi) is 6.23. The molecular formula is C24H28BrN3O3. The lowest BCUT2D eigenvalue weighted by Gasteiger charge is -2.24. The van der Waals surface area contributed by atoms with Gasteiger partial charge in [0.15, 0.2) is 0 Å². The molecule has 0 saturated carbocycles. The fourth-order valence-corrected chi connectivity index (χ4v) is 4.01. The number of fused-ring (bicyclic) bond motifs is 1. The standard InChI is InChI=1S/C24H28BrN3O3/c1-24(2,3)31-23(29)27-13-12-18(14-27)16-30-22-26-20-6-4-5-7-21(20)28(22)15-17-8-10-19(25)11-9-17/h4-11,18H,12-16H2,1-3H3/t18-/m0/s1. The van der Waals surface area contributed by atoms with Crippen molar-refractivity contribution in [2.45, 2.75) is 39.3 Å². The summed E-state index contributed by atoms with van der Waals surface area (Å²) in [6, 6.07) is 16.9. The summed E-state index contributed by atoms with van der Waals surface area (Å²) in [6.07, 6.45) is 0.643. The summed E-state index contributed by atoms with van der Waals surface area (Å²) in [5, 5.41) is 0. The number of para-hydroxylation sites is 2. The quantitative estimate of drug-likeness (QED) is 0.479.